The summed E-state index contributed by atoms with van der Waals surface area (Å²) in [5.41, 5.74) is 1.20. The predicted molar refractivity (Wildman–Crippen MR) is 97.4 cm³/mol. The monoisotopic (exact) mass is 381 g/mol. The number of carbonyl (C=O) groups excluding carboxylic acids is 4. The van der Waals surface area contributed by atoms with Gasteiger partial charge in [-0.1, -0.05) is 0 Å². The van der Waals surface area contributed by atoms with Crippen molar-refractivity contribution in [2.45, 2.75) is 52.5 Å². The highest BCUT2D eigenvalue weighted by atomic mass is 32.1. The van der Waals surface area contributed by atoms with Gasteiger partial charge in [0.2, 0.25) is 5.91 Å². The number of esters is 1. The van der Waals surface area contributed by atoms with Gasteiger partial charge in [0, 0.05) is 17.8 Å². The van der Waals surface area contributed by atoms with Gasteiger partial charge in [0.15, 0.2) is 6.61 Å². The van der Waals surface area contributed by atoms with E-state index in [2.05, 4.69) is 16.0 Å². The van der Waals surface area contributed by atoms with Gasteiger partial charge in [-0.15, -0.1) is 11.3 Å². The van der Waals surface area contributed by atoms with Crippen molar-refractivity contribution in [2.75, 3.05) is 11.9 Å². The third-order valence-electron chi connectivity index (χ3n) is 3.67. The number of fused-ring (bicyclic) bond motifs is 1. The van der Waals surface area contributed by atoms with E-state index in [4.69, 9.17) is 4.74 Å². The number of amides is 4. The van der Waals surface area contributed by atoms with E-state index in [1.54, 1.807) is 13.8 Å². The van der Waals surface area contributed by atoms with Crippen LogP contribution in [0.5, 0.6) is 0 Å². The summed E-state index contributed by atoms with van der Waals surface area (Å²) in [7, 11) is 0. The van der Waals surface area contributed by atoms with Crippen LogP contribution in [0, 0.1) is 0 Å². The molecule has 0 atom stereocenters. The molecule has 0 unspecified atom stereocenters. The Hall–Kier alpha value is -2.42. The minimum atomic E-state index is -0.721. The summed E-state index contributed by atoms with van der Waals surface area (Å²) in [6, 6.07) is -0.768. The number of hydrogen-bond acceptors (Lipinski definition) is 6. The molecular weight excluding hydrogens is 358 g/mol. The molecule has 1 aliphatic carbocycles. The average Bonchev–Trinajstić information content (AvgIpc) is 2.88. The molecule has 0 saturated heterocycles. The van der Waals surface area contributed by atoms with Gasteiger partial charge in [0.25, 0.3) is 5.91 Å². The lowest BCUT2D eigenvalue weighted by Crippen LogP contribution is -2.44. The standard InChI is InChI=1S/C17H23N3O5S/c1-9(2)18-17(24)20-13(22)8-25-16(23)14-11-6-4-5-7-12(11)26-15(14)19-10(3)21/h9H,4-8H2,1-3H3,(H,19,21)(H2,18,20,22,24). The fourth-order valence-corrected chi connectivity index (χ4v) is 4.02. The Morgan fingerprint density at radius 1 is 1.15 bits per heavy atom. The molecule has 9 heteroatoms. The number of imide groups is 1. The smallest absolute Gasteiger partial charge is 0.341 e. The minimum Gasteiger partial charge on any atom is -0.452 e. The molecule has 3 N–H and O–H groups in total. The highest BCUT2D eigenvalue weighted by molar-refractivity contribution is 7.17. The molecule has 0 aliphatic heterocycles. The topological polar surface area (TPSA) is 114 Å². The number of rotatable bonds is 5. The fourth-order valence-electron chi connectivity index (χ4n) is 2.69. The Balaban J connectivity index is 2.04. The summed E-state index contributed by atoms with van der Waals surface area (Å²) < 4.78 is 5.07. The Bertz CT molecular complexity index is 726. The molecule has 4 amide bonds. The van der Waals surface area contributed by atoms with Crippen molar-refractivity contribution in [1.82, 2.24) is 10.6 Å². The van der Waals surface area contributed by atoms with Gasteiger partial charge in [-0.25, -0.2) is 9.59 Å². The maximum Gasteiger partial charge on any atom is 0.341 e. The minimum absolute atomic E-state index is 0.122. The Kier molecular flexibility index (Phi) is 6.73. The molecule has 0 spiro atoms. The molecule has 0 radical (unpaired) electrons. The Labute approximate surface area is 155 Å². The van der Waals surface area contributed by atoms with Crippen LogP contribution in [0.2, 0.25) is 0 Å². The van der Waals surface area contributed by atoms with Crippen molar-refractivity contribution in [3.05, 3.63) is 16.0 Å². The first-order valence-corrected chi connectivity index (χ1v) is 9.29. The van der Waals surface area contributed by atoms with Crippen LogP contribution in [0.4, 0.5) is 9.80 Å². The molecule has 0 bridgehead atoms. The second-order valence-corrected chi connectivity index (χ2v) is 7.45. The highest BCUT2D eigenvalue weighted by Gasteiger charge is 2.27. The van der Waals surface area contributed by atoms with Crippen LogP contribution in [-0.2, 0) is 27.2 Å². The lowest BCUT2D eigenvalue weighted by atomic mass is 9.95. The van der Waals surface area contributed by atoms with Crippen molar-refractivity contribution in [3.8, 4) is 0 Å². The number of thiophene rings is 1. The second kappa shape index (κ2) is 8.79. The van der Waals surface area contributed by atoms with E-state index in [9.17, 15) is 19.2 Å². The molecule has 8 nitrogen and oxygen atoms in total. The third kappa shape index (κ3) is 5.29. The summed E-state index contributed by atoms with van der Waals surface area (Å²) in [5.74, 6) is -1.67. The van der Waals surface area contributed by atoms with Gasteiger partial charge in [-0.05, 0) is 45.1 Å². The van der Waals surface area contributed by atoms with E-state index in [1.807, 2.05) is 0 Å². The number of urea groups is 1. The first kappa shape index (κ1) is 19.9. The fraction of sp³-hybridized carbons (Fsp3) is 0.529. The summed E-state index contributed by atoms with van der Waals surface area (Å²) in [5, 5.41) is 7.71. The van der Waals surface area contributed by atoms with E-state index in [0.717, 1.165) is 36.1 Å². The first-order chi connectivity index (χ1) is 12.3. The van der Waals surface area contributed by atoms with Crippen LogP contribution in [0.3, 0.4) is 0 Å². The van der Waals surface area contributed by atoms with Crippen LogP contribution < -0.4 is 16.0 Å². The van der Waals surface area contributed by atoms with E-state index in [0.29, 0.717) is 10.6 Å². The number of ether oxygens (including phenoxy) is 1. The van der Waals surface area contributed by atoms with E-state index < -0.39 is 24.5 Å². The lowest BCUT2D eigenvalue weighted by molar-refractivity contribution is -0.123. The Morgan fingerprint density at radius 2 is 1.85 bits per heavy atom. The van der Waals surface area contributed by atoms with Crippen LogP contribution in [0.25, 0.3) is 0 Å². The van der Waals surface area contributed by atoms with E-state index >= 15 is 0 Å². The van der Waals surface area contributed by atoms with Crippen molar-refractivity contribution in [3.63, 3.8) is 0 Å². The molecule has 1 aliphatic rings. The molecule has 0 aromatic carbocycles. The average molecular weight is 381 g/mol. The van der Waals surface area contributed by atoms with Crippen LogP contribution >= 0.6 is 11.3 Å². The summed E-state index contributed by atoms with van der Waals surface area (Å²) in [6.45, 7) is 4.31. The Morgan fingerprint density at radius 3 is 2.50 bits per heavy atom. The number of aryl methyl sites for hydroxylation is 1. The molecular formula is C17H23N3O5S. The normalized spacial score (nSPS) is 12.9. The van der Waals surface area contributed by atoms with Gasteiger partial charge < -0.3 is 15.4 Å². The van der Waals surface area contributed by atoms with Crippen molar-refractivity contribution in [1.29, 1.82) is 0 Å². The number of hydrogen-bond donors (Lipinski definition) is 3. The van der Waals surface area contributed by atoms with Crippen molar-refractivity contribution in [2.24, 2.45) is 0 Å². The maximum atomic E-state index is 12.5. The zero-order chi connectivity index (χ0) is 19.3. The van der Waals surface area contributed by atoms with E-state index in [1.165, 1.54) is 18.3 Å². The number of carbonyl (C=O) groups is 4. The van der Waals surface area contributed by atoms with Crippen LogP contribution in [0.1, 0.15) is 54.4 Å². The lowest BCUT2D eigenvalue weighted by Gasteiger charge is -2.13. The molecule has 0 fully saturated rings. The van der Waals surface area contributed by atoms with Gasteiger partial charge in [0.1, 0.15) is 5.00 Å². The highest BCUT2D eigenvalue weighted by Crippen LogP contribution is 2.38. The number of anilines is 1. The summed E-state index contributed by atoms with van der Waals surface area (Å²) >= 11 is 1.37. The van der Waals surface area contributed by atoms with Gasteiger partial charge in [-0.3, -0.25) is 14.9 Å². The van der Waals surface area contributed by atoms with Crippen LogP contribution in [0.15, 0.2) is 0 Å². The largest absolute Gasteiger partial charge is 0.452 e. The van der Waals surface area contributed by atoms with Crippen LogP contribution in [-0.4, -0.2) is 36.5 Å². The molecule has 142 valence electrons. The molecule has 1 aromatic heterocycles. The summed E-state index contributed by atoms with van der Waals surface area (Å²) in [4.78, 5) is 48.2. The van der Waals surface area contributed by atoms with Gasteiger partial charge in [-0.2, -0.15) is 0 Å². The van der Waals surface area contributed by atoms with Gasteiger partial charge in [0.05, 0.1) is 5.56 Å². The van der Waals surface area contributed by atoms with E-state index in [-0.39, 0.29) is 11.9 Å². The zero-order valence-electron chi connectivity index (χ0n) is 15.1. The molecule has 2 rings (SSSR count). The SMILES string of the molecule is CC(=O)Nc1sc2c(c1C(=O)OCC(=O)NC(=O)NC(C)C)CCCC2. The first-order valence-electron chi connectivity index (χ1n) is 8.47. The third-order valence-corrected chi connectivity index (χ3v) is 4.88. The maximum absolute atomic E-state index is 12.5. The quantitative estimate of drug-likeness (QED) is 0.675. The summed E-state index contributed by atoms with van der Waals surface area (Å²) in [6.07, 6.45) is 3.59. The zero-order valence-corrected chi connectivity index (χ0v) is 15.9. The van der Waals surface area contributed by atoms with Crippen molar-refractivity contribution >= 4 is 40.2 Å². The van der Waals surface area contributed by atoms with Gasteiger partial charge >= 0.3 is 12.0 Å². The second-order valence-electron chi connectivity index (χ2n) is 6.35. The molecule has 0 saturated carbocycles. The molecule has 1 heterocycles. The number of nitrogens with one attached hydrogen (secondary N) is 3. The van der Waals surface area contributed by atoms with Crippen molar-refractivity contribution < 1.29 is 23.9 Å². The molecule has 1 aromatic rings. The molecule has 26 heavy (non-hydrogen) atoms. The predicted octanol–water partition coefficient (Wildman–Crippen LogP) is 1.98.